The summed E-state index contributed by atoms with van der Waals surface area (Å²) in [6, 6.07) is 12.3. The maximum absolute atomic E-state index is 13.1. The summed E-state index contributed by atoms with van der Waals surface area (Å²) in [7, 11) is 3.01. The molecular weight excluding hydrogens is 398 g/mol. The maximum atomic E-state index is 13.1. The number of carbonyl (C=O) groups excluding carboxylic acids is 3. The number of carbonyl (C=O) groups is 3. The Balaban J connectivity index is 1.58. The van der Waals surface area contributed by atoms with Crippen LogP contribution >= 0.6 is 0 Å². The molecule has 0 spiro atoms. The van der Waals surface area contributed by atoms with Crippen molar-refractivity contribution in [2.75, 3.05) is 32.6 Å². The van der Waals surface area contributed by atoms with Gasteiger partial charge in [-0.1, -0.05) is 17.7 Å². The van der Waals surface area contributed by atoms with E-state index in [0.29, 0.717) is 22.7 Å². The van der Waals surface area contributed by atoms with Crippen LogP contribution in [0.1, 0.15) is 28.8 Å². The lowest BCUT2D eigenvalue weighted by atomic mass is 10.1. The molecule has 1 aliphatic rings. The number of nitrogens with one attached hydrogen (secondary N) is 2. The van der Waals surface area contributed by atoms with Crippen LogP contribution < -0.4 is 20.1 Å². The molecule has 0 heterocycles. The van der Waals surface area contributed by atoms with E-state index in [1.807, 2.05) is 19.1 Å². The monoisotopic (exact) mass is 425 g/mol. The molecule has 8 heteroatoms. The summed E-state index contributed by atoms with van der Waals surface area (Å²) in [6.45, 7) is 1.65. The fourth-order valence-electron chi connectivity index (χ4n) is 3.11. The predicted octanol–water partition coefficient (Wildman–Crippen LogP) is 2.37. The first kappa shape index (κ1) is 22.1. The minimum Gasteiger partial charge on any atom is -0.497 e. The van der Waals surface area contributed by atoms with Crippen LogP contribution in [-0.2, 0) is 9.59 Å². The summed E-state index contributed by atoms with van der Waals surface area (Å²) in [4.78, 5) is 39.2. The van der Waals surface area contributed by atoms with Gasteiger partial charge < -0.3 is 25.0 Å². The van der Waals surface area contributed by atoms with Gasteiger partial charge in [0.25, 0.3) is 5.91 Å². The predicted molar refractivity (Wildman–Crippen MR) is 116 cm³/mol. The third kappa shape index (κ3) is 5.97. The summed E-state index contributed by atoms with van der Waals surface area (Å²) < 4.78 is 10.5. The Hall–Kier alpha value is -3.55. The fourth-order valence-corrected chi connectivity index (χ4v) is 3.11. The van der Waals surface area contributed by atoms with Crippen LogP contribution in [0.25, 0.3) is 0 Å². The van der Waals surface area contributed by atoms with E-state index in [9.17, 15) is 14.4 Å². The second-order valence-electron chi connectivity index (χ2n) is 7.42. The van der Waals surface area contributed by atoms with Crippen LogP contribution in [0.2, 0.25) is 0 Å². The van der Waals surface area contributed by atoms with Gasteiger partial charge in [0.05, 0.1) is 26.3 Å². The van der Waals surface area contributed by atoms with Crippen LogP contribution in [0, 0.1) is 6.92 Å². The Morgan fingerprint density at radius 3 is 2.32 bits per heavy atom. The van der Waals surface area contributed by atoms with E-state index in [1.165, 1.54) is 19.1 Å². The van der Waals surface area contributed by atoms with E-state index in [-0.39, 0.29) is 30.9 Å². The molecule has 164 valence electrons. The van der Waals surface area contributed by atoms with Crippen molar-refractivity contribution in [1.82, 2.24) is 10.2 Å². The van der Waals surface area contributed by atoms with Crippen LogP contribution in [0.4, 0.5) is 5.69 Å². The lowest BCUT2D eigenvalue weighted by molar-refractivity contribution is -0.124. The zero-order chi connectivity index (χ0) is 22.4. The number of anilines is 1. The minimum atomic E-state index is -0.396. The summed E-state index contributed by atoms with van der Waals surface area (Å²) in [5.41, 5.74) is 2.11. The number of rotatable bonds is 9. The van der Waals surface area contributed by atoms with Crippen molar-refractivity contribution in [1.29, 1.82) is 0 Å². The number of nitrogens with zero attached hydrogens (tertiary/aromatic N) is 1. The van der Waals surface area contributed by atoms with Gasteiger partial charge in [-0.25, -0.2) is 0 Å². The molecule has 3 amide bonds. The van der Waals surface area contributed by atoms with Crippen molar-refractivity contribution in [2.45, 2.75) is 25.8 Å². The first-order valence-corrected chi connectivity index (χ1v) is 10.1. The van der Waals surface area contributed by atoms with Crippen LogP contribution in [0.5, 0.6) is 11.5 Å². The normalized spacial score (nSPS) is 12.6. The quantitative estimate of drug-likeness (QED) is 0.643. The Bertz CT molecular complexity index is 954. The molecule has 0 bridgehead atoms. The van der Waals surface area contributed by atoms with Gasteiger partial charge in [-0.05, 0) is 44.0 Å². The fraction of sp³-hybridized carbons (Fsp3) is 0.348. The number of benzene rings is 2. The Kier molecular flexibility index (Phi) is 7.12. The van der Waals surface area contributed by atoms with Gasteiger partial charge in [0, 0.05) is 17.8 Å². The van der Waals surface area contributed by atoms with E-state index < -0.39 is 5.91 Å². The van der Waals surface area contributed by atoms with Crippen molar-refractivity contribution < 1.29 is 23.9 Å². The van der Waals surface area contributed by atoms with E-state index in [4.69, 9.17) is 9.47 Å². The Labute approximate surface area is 181 Å². The summed E-state index contributed by atoms with van der Waals surface area (Å²) in [6.07, 6.45) is 1.68. The first-order chi connectivity index (χ1) is 14.9. The smallest absolute Gasteiger partial charge is 0.258 e. The molecule has 0 radical (unpaired) electrons. The number of methoxy groups -OCH3 is 2. The molecule has 0 unspecified atom stereocenters. The van der Waals surface area contributed by atoms with Gasteiger partial charge in [0.2, 0.25) is 11.8 Å². The van der Waals surface area contributed by atoms with Gasteiger partial charge in [-0.2, -0.15) is 0 Å². The SMILES string of the molecule is COc1ccc(C(=O)N(CC(=O)NCC(=O)Nc2ccc(C)cc2)C2CC2)c(OC)c1. The Morgan fingerprint density at radius 1 is 1.00 bits per heavy atom. The van der Waals surface area contributed by atoms with E-state index in [2.05, 4.69) is 10.6 Å². The second kappa shape index (κ2) is 9.97. The molecule has 1 fully saturated rings. The molecule has 2 N–H and O–H groups in total. The molecule has 1 saturated carbocycles. The van der Waals surface area contributed by atoms with Crippen LogP contribution in [-0.4, -0.2) is 56.0 Å². The first-order valence-electron chi connectivity index (χ1n) is 10.1. The third-order valence-corrected chi connectivity index (χ3v) is 4.98. The van der Waals surface area contributed by atoms with E-state index in [1.54, 1.807) is 30.3 Å². The number of aryl methyl sites for hydroxylation is 1. The van der Waals surface area contributed by atoms with E-state index in [0.717, 1.165) is 18.4 Å². The summed E-state index contributed by atoms with van der Waals surface area (Å²) in [5, 5.41) is 5.31. The highest BCUT2D eigenvalue weighted by Crippen LogP contribution is 2.31. The molecule has 8 nitrogen and oxygen atoms in total. The summed E-state index contributed by atoms with van der Waals surface area (Å²) in [5.74, 6) is -0.0667. The molecule has 3 rings (SSSR count). The van der Waals surface area contributed by atoms with Gasteiger partial charge in [-0.3, -0.25) is 14.4 Å². The molecule has 0 aliphatic heterocycles. The highest BCUT2D eigenvalue weighted by atomic mass is 16.5. The van der Waals surface area contributed by atoms with Gasteiger partial charge in [0.1, 0.15) is 18.0 Å². The van der Waals surface area contributed by atoms with Gasteiger partial charge in [-0.15, -0.1) is 0 Å². The van der Waals surface area contributed by atoms with Gasteiger partial charge in [0.15, 0.2) is 0 Å². The highest BCUT2D eigenvalue weighted by molar-refractivity contribution is 6.00. The second-order valence-corrected chi connectivity index (χ2v) is 7.42. The third-order valence-electron chi connectivity index (χ3n) is 4.98. The summed E-state index contributed by atoms with van der Waals surface area (Å²) >= 11 is 0. The van der Waals surface area contributed by atoms with Crippen molar-refractivity contribution in [3.8, 4) is 11.5 Å². The maximum Gasteiger partial charge on any atom is 0.258 e. The molecule has 31 heavy (non-hydrogen) atoms. The molecule has 1 aliphatic carbocycles. The zero-order valence-corrected chi connectivity index (χ0v) is 17.9. The minimum absolute atomic E-state index is 0.00597. The number of hydrogen-bond donors (Lipinski definition) is 2. The molecule has 2 aromatic carbocycles. The highest BCUT2D eigenvalue weighted by Gasteiger charge is 2.35. The molecule has 0 saturated heterocycles. The lowest BCUT2D eigenvalue weighted by Gasteiger charge is -2.23. The topological polar surface area (TPSA) is 97.0 Å². The molecular formula is C23H27N3O5. The van der Waals surface area contributed by atoms with Crippen molar-refractivity contribution in [3.63, 3.8) is 0 Å². The van der Waals surface area contributed by atoms with Crippen molar-refractivity contribution >= 4 is 23.4 Å². The largest absolute Gasteiger partial charge is 0.497 e. The molecule has 0 atom stereocenters. The number of hydrogen-bond acceptors (Lipinski definition) is 5. The van der Waals surface area contributed by atoms with Crippen molar-refractivity contribution in [2.24, 2.45) is 0 Å². The molecule has 0 aromatic heterocycles. The molecule has 2 aromatic rings. The number of ether oxygens (including phenoxy) is 2. The average molecular weight is 425 g/mol. The Morgan fingerprint density at radius 2 is 1.71 bits per heavy atom. The van der Waals surface area contributed by atoms with Crippen LogP contribution in [0.3, 0.4) is 0 Å². The van der Waals surface area contributed by atoms with Gasteiger partial charge >= 0.3 is 0 Å². The van der Waals surface area contributed by atoms with Crippen LogP contribution in [0.15, 0.2) is 42.5 Å². The number of amides is 3. The zero-order valence-electron chi connectivity index (χ0n) is 17.9. The standard InChI is InChI=1S/C23H27N3O5/c1-15-4-6-16(7-5-15)25-21(27)13-24-22(28)14-26(17-8-9-17)23(29)19-11-10-18(30-2)12-20(19)31-3/h4-7,10-12,17H,8-9,13-14H2,1-3H3,(H,24,28)(H,25,27). The lowest BCUT2D eigenvalue weighted by Crippen LogP contribution is -2.44. The van der Waals surface area contributed by atoms with Crippen molar-refractivity contribution in [3.05, 3.63) is 53.6 Å². The average Bonchev–Trinajstić information content (AvgIpc) is 3.62. The van der Waals surface area contributed by atoms with E-state index >= 15 is 0 Å².